The van der Waals surface area contributed by atoms with E-state index in [4.69, 9.17) is 23.2 Å². The Morgan fingerprint density at radius 3 is 2.50 bits per heavy atom. The zero-order valence-corrected chi connectivity index (χ0v) is 22.3. The number of rotatable bonds is 4. The molecule has 2 saturated heterocycles. The predicted molar refractivity (Wildman–Crippen MR) is 146 cm³/mol. The number of non-ortho nitro benzene ring substituents is 1. The molecule has 38 heavy (non-hydrogen) atoms. The lowest BCUT2D eigenvalue weighted by molar-refractivity contribution is -0.384. The van der Waals surface area contributed by atoms with Gasteiger partial charge < -0.3 is 5.32 Å². The molecule has 0 saturated carbocycles. The lowest BCUT2D eigenvalue weighted by atomic mass is 9.68. The third-order valence-electron chi connectivity index (χ3n) is 8.43. The molecular weight excluding hydrogens is 525 g/mol. The first-order valence-corrected chi connectivity index (χ1v) is 13.3. The highest BCUT2D eigenvalue weighted by molar-refractivity contribution is 6.42. The number of halogens is 2. The third kappa shape index (κ3) is 3.45. The van der Waals surface area contributed by atoms with Crippen LogP contribution in [0.3, 0.4) is 0 Å². The number of nitrogens with one attached hydrogen (secondary N) is 1. The summed E-state index contributed by atoms with van der Waals surface area (Å²) in [6.07, 6.45) is 1.69. The van der Waals surface area contributed by atoms with E-state index in [-0.39, 0.29) is 34.4 Å². The van der Waals surface area contributed by atoms with Crippen LogP contribution in [-0.4, -0.2) is 34.1 Å². The Morgan fingerprint density at radius 2 is 1.82 bits per heavy atom. The number of fused-ring (bicyclic) bond motifs is 4. The first-order valence-electron chi connectivity index (χ1n) is 12.6. The first-order chi connectivity index (χ1) is 18.1. The van der Waals surface area contributed by atoms with E-state index in [2.05, 4.69) is 10.2 Å². The molecule has 3 aliphatic heterocycles. The highest BCUT2D eigenvalue weighted by atomic mass is 35.5. The van der Waals surface area contributed by atoms with Crippen LogP contribution in [0.1, 0.15) is 51.4 Å². The molecule has 194 valence electrons. The van der Waals surface area contributed by atoms with Crippen molar-refractivity contribution in [2.45, 2.75) is 44.2 Å². The van der Waals surface area contributed by atoms with Gasteiger partial charge in [-0.25, -0.2) is 0 Å². The van der Waals surface area contributed by atoms with Gasteiger partial charge in [-0.3, -0.25) is 24.6 Å². The topological polar surface area (TPSA) is 92.5 Å². The van der Waals surface area contributed by atoms with Crippen LogP contribution in [0.5, 0.6) is 0 Å². The van der Waals surface area contributed by atoms with Gasteiger partial charge in [0.1, 0.15) is 5.54 Å². The summed E-state index contributed by atoms with van der Waals surface area (Å²) >= 11 is 12.5. The molecule has 1 amide bonds. The maximum Gasteiger partial charge on any atom is 0.269 e. The Bertz CT molecular complexity index is 1520. The van der Waals surface area contributed by atoms with Gasteiger partial charge in [-0.15, -0.1) is 0 Å². The van der Waals surface area contributed by atoms with Gasteiger partial charge in [-0.2, -0.15) is 0 Å². The van der Waals surface area contributed by atoms with Gasteiger partial charge in [0.2, 0.25) is 5.91 Å². The lowest BCUT2D eigenvalue weighted by Crippen LogP contribution is -2.52. The van der Waals surface area contributed by atoms with E-state index in [9.17, 15) is 19.7 Å². The van der Waals surface area contributed by atoms with Crippen molar-refractivity contribution in [1.29, 1.82) is 0 Å². The largest absolute Gasteiger partial charge is 0.324 e. The van der Waals surface area contributed by atoms with Gasteiger partial charge in [0, 0.05) is 40.9 Å². The van der Waals surface area contributed by atoms with Gasteiger partial charge in [0.25, 0.3) is 5.69 Å². The zero-order valence-electron chi connectivity index (χ0n) is 20.8. The summed E-state index contributed by atoms with van der Waals surface area (Å²) in [4.78, 5) is 41.9. The number of carbonyl (C=O) groups excluding carboxylic acids is 2. The van der Waals surface area contributed by atoms with E-state index in [1.54, 1.807) is 30.3 Å². The average molecular weight is 550 g/mol. The number of nitro benzene ring substituents is 1. The average Bonchev–Trinajstić information content (AvgIpc) is 3.54. The molecule has 0 bridgehead atoms. The molecule has 1 spiro atoms. The number of carbonyl (C=O) groups is 2. The van der Waals surface area contributed by atoms with Crippen molar-refractivity contribution in [3.05, 3.63) is 103 Å². The van der Waals surface area contributed by atoms with Crippen LogP contribution in [0.25, 0.3) is 0 Å². The number of nitro groups is 1. The van der Waals surface area contributed by atoms with Crippen LogP contribution in [0.2, 0.25) is 10.0 Å². The lowest BCUT2D eigenvalue weighted by Gasteiger charge is -2.37. The summed E-state index contributed by atoms with van der Waals surface area (Å²) in [6, 6.07) is 15.1. The summed E-state index contributed by atoms with van der Waals surface area (Å²) in [7, 11) is 0. The standard InChI is InChI=1S/C29H25Cl2N3O4/c1-15-12-16(2)26-20(13-15)29(28(36)32-26)25(27(35)18-7-10-21(30)22(31)14-18)24(23-4-3-11-33(23)29)17-5-8-19(9-6-17)34(37)38/h5-10,12-14,23-25H,3-4,11H2,1-2H3,(H,32,36)/t23?,24?,25?,29-/m1/s1. The van der Waals surface area contributed by atoms with E-state index in [1.807, 2.05) is 26.0 Å². The van der Waals surface area contributed by atoms with E-state index in [1.165, 1.54) is 12.1 Å². The van der Waals surface area contributed by atoms with Crippen molar-refractivity contribution < 1.29 is 14.5 Å². The molecule has 3 aromatic carbocycles. The van der Waals surface area contributed by atoms with E-state index >= 15 is 0 Å². The molecule has 9 heteroatoms. The molecule has 7 nitrogen and oxygen atoms in total. The van der Waals surface area contributed by atoms with Crippen molar-refractivity contribution in [3.63, 3.8) is 0 Å². The zero-order chi connectivity index (χ0) is 26.9. The number of anilines is 1. The summed E-state index contributed by atoms with van der Waals surface area (Å²) in [6.45, 7) is 4.62. The number of ketones is 1. The number of aryl methyl sites for hydroxylation is 2. The second-order valence-electron chi connectivity index (χ2n) is 10.5. The van der Waals surface area contributed by atoms with Crippen molar-refractivity contribution in [2.24, 2.45) is 5.92 Å². The number of Topliss-reactive ketones (excluding diaryl/α,β-unsaturated/α-hetero) is 1. The fraction of sp³-hybridized carbons (Fsp3) is 0.310. The van der Waals surface area contributed by atoms with Gasteiger partial charge in [0.15, 0.2) is 5.78 Å². The number of hydrogen-bond donors (Lipinski definition) is 1. The molecule has 3 unspecified atom stereocenters. The van der Waals surface area contributed by atoms with Crippen LogP contribution in [0.4, 0.5) is 11.4 Å². The van der Waals surface area contributed by atoms with Crippen LogP contribution < -0.4 is 5.32 Å². The SMILES string of the molecule is Cc1cc(C)c2c(c1)[C@]1(C(=O)N2)C(C(=O)c2ccc(Cl)c(Cl)c2)C(c2ccc([N+](=O)[O-])cc2)C2CCCN21. The molecule has 3 aliphatic rings. The molecule has 4 atom stereocenters. The molecule has 0 radical (unpaired) electrons. The molecule has 0 aliphatic carbocycles. The summed E-state index contributed by atoms with van der Waals surface area (Å²) in [5.41, 5.74) is 3.46. The Hall–Kier alpha value is -3.26. The number of hydrogen-bond acceptors (Lipinski definition) is 5. The molecular formula is C29H25Cl2N3O4. The monoisotopic (exact) mass is 549 g/mol. The van der Waals surface area contributed by atoms with Gasteiger partial charge >= 0.3 is 0 Å². The van der Waals surface area contributed by atoms with Crippen molar-refractivity contribution in [1.82, 2.24) is 4.90 Å². The van der Waals surface area contributed by atoms with Crippen molar-refractivity contribution >= 4 is 46.3 Å². The van der Waals surface area contributed by atoms with Crippen LogP contribution in [0.15, 0.2) is 54.6 Å². The minimum atomic E-state index is -1.22. The molecule has 6 rings (SSSR count). The molecule has 1 N–H and O–H groups in total. The summed E-state index contributed by atoms with van der Waals surface area (Å²) in [5.74, 6) is -1.56. The predicted octanol–water partition coefficient (Wildman–Crippen LogP) is 6.43. The van der Waals surface area contributed by atoms with Gasteiger partial charge in [-0.05, 0) is 62.6 Å². The number of amides is 1. The maximum absolute atomic E-state index is 14.6. The van der Waals surface area contributed by atoms with Crippen LogP contribution >= 0.6 is 23.2 Å². The first kappa shape index (κ1) is 25.0. The Labute approximate surface area is 229 Å². The highest BCUT2D eigenvalue weighted by Gasteiger charge is 2.69. The molecule has 3 heterocycles. The fourth-order valence-corrected chi connectivity index (χ4v) is 7.34. The summed E-state index contributed by atoms with van der Waals surface area (Å²) in [5, 5.41) is 15.1. The second kappa shape index (κ2) is 8.90. The Morgan fingerprint density at radius 1 is 1.08 bits per heavy atom. The van der Waals surface area contributed by atoms with Crippen molar-refractivity contribution in [2.75, 3.05) is 11.9 Å². The van der Waals surface area contributed by atoms with E-state index < -0.39 is 16.4 Å². The van der Waals surface area contributed by atoms with E-state index in [0.29, 0.717) is 17.1 Å². The van der Waals surface area contributed by atoms with Crippen LogP contribution in [0, 0.1) is 29.9 Å². The van der Waals surface area contributed by atoms with Gasteiger partial charge in [-0.1, -0.05) is 53.0 Å². The summed E-state index contributed by atoms with van der Waals surface area (Å²) < 4.78 is 0. The minimum Gasteiger partial charge on any atom is -0.324 e. The van der Waals surface area contributed by atoms with Gasteiger partial charge in [0.05, 0.1) is 20.9 Å². The highest BCUT2D eigenvalue weighted by Crippen LogP contribution is 2.61. The minimum absolute atomic E-state index is 0.0210. The second-order valence-corrected chi connectivity index (χ2v) is 11.3. The molecule has 0 aromatic heterocycles. The number of nitrogens with zero attached hydrogens (tertiary/aromatic N) is 2. The van der Waals surface area contributed by atoms with Crippen molar-refractivity contribution in [3.8, 4) is 0 Å². The normalized spacial score (nSPS) is 25.9. The van der Waals surface area contributed by atoms with Crippen LogP contribution in [-0.2, 0) is 10.3 Å². The molecule has 2 fully saturated rings. The quantitative estimate of drug-likeness (QED) is 0.230. The van der Waals surface area contributed by atoms with E-state index in [0.717, 1.165) is 40.8 Å². The third-order valence-corrected chi connectivity index (χ3v) is 9.17. The fourth-order valence-electron chi connectivity index (χ4n) is 7.04. The molecule has 3 aromatic rings. The Balaban J connectivity index is 1.62. The maximum atomic E-state index is 14.6. The smallest absolute Gasteiger partial charge is 0.269 e. The Kier molecular flexibility index (Phi) is 5.87. The number of benzene rings is 3.